The summed E-state index contributed by atoms with van der Waals surface area (Å²) in [7, 11) is -1.25. The normalized spacial score (nSPS) is 21.7. The van der Waals surface area contributed by atoms with E-state index in [4.69, 9.17) is 0 Å². The van der Waals surface area contributed by atoms with Gasteiger partial charge in [0.05, 0.1) is 5.75 Å². The van der Waals surface area contributed by atoms with E-state index in [1.807, 2.05) is 6.07 Å². The van der Waals surface area contributed by atoms with Gasteiger partial charge in [0.2, 0.25) is 0 Å². The van der Waals surface area contributed by atoms with Gasteiger partial charge in [0, 0.05) is 45.0 Å². The molecule has 8 heteroatoms. The first-order chi connectivity index (χ1) is 11.9. The number of halogens is 1. The van der Waals surface area contributed by atoms with Crippen LogP contribution >= 0.6 is 24.0 Å². The van der Waals surface area contributed by atoms with Crippen molar-refractivity contribution in [3.8, 4) is 0 Å². The Morgan fingerprint density at radius 2 is 2.00 bits per heavy atom. The van der Waals surface area contributed by atoms with Crippen LogP contribution in [0.25, 0.3) is 0 Å². The van der Waals surface area contributed by atoms with Crippen molar-refractivity contribution in [1.82, 2.24) is 15.5 Å². The summed E-state index contributed by atoms with van der Waals surface area (Å²) in [6.45, 7) is 4.65. The molecule has 1 aliphatic rings. The molecule has 0 spiro atoms. The van der Waals surface area contributed by atoms with Gasteiger partial charge in [-0.1, -0.05) is 30.3 Å². The lowest BCUT2D eigenvalue weighted by molar-refractivity contribution is 0.134. The van der Waals surface area contributed by atoms with Gasteiger partial charge in [-0.05, 0) is 25.3 Å². The highest BCUT2D eigenvalue weighted by Crippen LogP contribution is 2.19. The molecule has 1 aromatic carbocycles. The van der Waals surface area contributed by atoms with Crippen LogP contribution in [0.4, 0.5) is 0 Å². The first kappa shape index (κ1) is 23.2. The van der Waals surface area contributed by atoms with E-state index in [1.54, 1.807) is 7.05 Å². The van der Waals surface area contributed by atoms with Gasteiger partial charge in [-0.25, -0.2) is 8.42 Å². The van der Waals surface area contributed by atoms with Crippen molar-refractivity contribution in [2.24, 2.45) is 4.99 Å². The Balaban J connectivity index is 0.00000338. The van der Waals surface area contributed by atoms with Gasteiger partial charge >= 0.3 is 0 Å². The average Bonchev–Trinajstić information content (AvgIpc) is 2.56. The summed E-state index contributed by atoms with van der Waals surface area (Å²) in [4.78, 5) is 6.71. The zero-order valence-corrected chi connectivity index (χ0v) is 19.0. The molecule has 26 heavy (non-hydrogen) atoms. The first-order valence-corrected chi connectivity index (χ1v) is 10.9. The monoisotopic (exact) mass is 494 g/mol. The van der Waals surface area contributed by atoms with Crippen LogP contribution in [0.5, 0.6) is 0 Å². The molecule has 1 saturated heterocycles. The average molecular weight is 494 g/mol. The molecule has 0 bridgehead atoms. The Hall–Kier alpha value is -0.870. The highest BCUT2D eigenvalue weighted by atomic mass is 127. The van der Waals surface area contributed by atoms with Crippen molar-refractivity contribution in [3.05, 3.63) is 35.9 Å². The molecule has 2 N–H and O–H groups in total. The van der Waals surface area contributed by atoms with Gasteiger partial charge in [-0.15, -0.1) is 24.0 Å². The summed E-state index contributed by atoms with van der Waals surface area (Å²) >= 11 is 0. The van der Waals surface area contributed by atoms with Gasteiger partial charge in [-0.3, -0.25) is 9.89 Å². The third-order valence-electron chi connectivity index (χ3n) is 4.57. The molecule has 1 fully saturated rings. The zero-order valence-electron chi connectivity index (χ0n) is 15.8. The number of aliphatic imine (C=N–C) groups is 1. The number of rotatable bonds is 6. The molecule has 1 aromatic rings. The van der Waals surface area contributed by atoms with Crippen LogP contribution in [0.3, 0.4) is 0 Å². The second-order valence-corrected chi connectivity index (χ2v) is 9.06. The molecular weight excluding hydrogens is 463 g/mol. The van der Waals surface area contributed by atoms with Crippen LogP contribution < -0.4 is 10.6 Å². The number of hydrogen-bond acceptors (Lipinski definition) is 4. The van der Waals surface area contributed by atoms with Gasteiger partial charge in [-0.2, -0.15) is 0 Å². The number of benzene rings is 1. The van der Waals surface area contributed by atoms with Crippen LogP contribution in [0.1, 0.15) is 25.3 Å². The minimum atomic E-state index is -2.96. The smallest absolute Gasteiger partial charge is 0.191 e. The zero-order chi connectivity index (χ0) is 18.3. The third-order valence-corrected chi connectivity index (χ3v) is 5.52. The van der Waals surface area contributed by atoms with Crippen LogP contribution in [-0.2, 0) is 16.4 Å². The summed E-state index contributed by atoms with van der Waals surface area (Å²) in [5.41, 5.74) is 1.35. The fourth-order valence-electron chi connectivity index (χ4n) is 3.15. The molecule has 0 saturated carbocycles. The lowest BCUT2D eigenvalue weighted by Crippen LogP contribution is -2.51. The van der Waals surface area contributed by atoms with Crippen molar-refractivity contribution in [2.45, 2.75) is 38.4 Å². The standard InChI is InChI=1S/C18H30N4O2S.HI/c1-15-13-17(21-18(19-2)20-10-12-25(3,23)24)9-11-22(15)14-16-7-5-4-6-8-16;/h4-8,15,17H,9-14H2,1-3H3,(H2,19,20,21);1H. The minimum Gasteiger partial charge on any atom is -0.355 e. The van der Waals surface area contributed by atoms with E-state index in [2.05, 4.69) is 51.7 Å². The molecule has 0 amide bonds. The van der Waals surface area contributed by atoms with E-state index in [-0.39, 0.29) is 29.7 Å². The van der Waals surface area contributed by atoms with Crippen molar-refractivity contribution < 1.29 is 8.42 Å². The summed E-state index contributed by atoms with van der Waals surface area (Å²) in [6, 6.07) is 11.4. The van der Waals surface area contributed by atoms with E-state index in [1.165, 1.54) is 11.8 Å². The lowest BCUT2D eigenvalue weighted by atomic mass is 9.97. The number of sulfone groups is 1. The van der Waals surface area contributed by atoms with Gasteiger partial charge in [0.1, 0.15) is 9.84 Å². The van der Waals surface area contributed by atoms with Gasteiger partial charge < -0.3 is 10.6 Å². The van der Waals surface area contributed by atoms with Gasteiger partial charge in [0.25, 0.3) is 0 Å². The molecule has 0 aromatic heterocycles. The Morgan fingerprint density at radius 3 is 2.58 bits per heavy atom. The van der Waals surface area contributed by atoms with Crippen LogP contribution in [-0.4, -0.2) is 63.5 Å². The number of nitrogens with zero attached hydrogens (tertiary/aromatic N) is 2. The summed E-state index contributed by atoms with van der Waals surface area (Å²) < 4.78 is 22.4. The van der Waals surface area contributed by atoms with Crippen LogP contribution in [0.15, 0.2) is 35.3 Å². The molecule has 1 heterocycles. The topological polar surface area (TPSA) is 73.8 Å². The van der Waals surface area contributed by atoms with E-state index in [0.717, 1.165) is 25.9 Å². The maximum atomic E-state index is 11.2. The van der Waals surface area contributed by atoms with Crippen molar-refractivity contribution in [1.29, 1.82) is 0 Å². The summed E-state index contributed by atoms with van der Waals surface area (Å²) in [5.74, 6) is 0.789. The molecule has 2 unspecified atom stereocenters. The number of guanidine groups is 1. The second kappa shape index (κ2) is 11.1. The molecule has 0 radical (unpaired) electrons. The highest BCUT2D eigenvalue weighted by Gasteiger charge is 2.25. The molecule has 2 atom stereocenters. The molecule has 2 rings (SSSR count). The lowest BCUT2D eigenvalue weighted by Gasteiger charge is -2.38. The van der Waals surface area contributed by atoms with E-state index < -0.39 is 9.84 Å². The van der Waals surface area contributed by atoms with Crippen LogP contribution in [0, 0.1) is 0 Å². The van der Waals surface area contributed by atoms with E-state index in [0.29, 0.717) is 24.6 Å². The number of likely N-dealkylation sites (tertiary alicyclic amines) is 1. The highest BCUT2D eigenvalue weighted by molar-refractivity contribution is 14.0. The SMILES string of the molecule is CN=C(NCCS(C)(=O)=O)NC1CCN(Cc2ccccc2)C(C)C1.I. The van der Waals surface area contributed by atoms with Crippen molar-refractivity contribution >= 4 is 39.8 Å². The third kappa shape index (κ3) is 8.22. The second-order valence-electron chi connectivity index (χ2n) is 6.80. The molecular formula is C18H31IN4O2S. The quantitative estimate of drug-likeness (QED) is 0.359. The van der Waals surface area contributed by atoms with E-state index in [9.17, 15) is 8.42 Å². The molecule has 6 nitrogen and oxygen atoms in total. The molecule has 148 valence electrons. The van der Waals surface area contributed by atoms with Crippen molar-refractivity contribution in [2.75, 3.05) is 32.1 Å². The summed E-state index contributed by atoms with van der Waals surface area (Å²) in [5, 5.41) is 6.51. The van der Waals surface area contributed by atoms with Gasteiger partial charge in [0.15, 0.2) is 5.96 Å². The predicted molar refractivity (Wildman–Crippen MR) is 119 cm³/mol. The maximum absolute atomic E-state index is 11.2. The Labute approximate surface area is 174 Å². The fourth-order valence-corrected chi connectivity index (χ4v) is 3.62. The Bertz CT molecular complexity index is 667. The largest absolute Gasteiger partial charge is 0.355 e. The number of hydrogen-bond donors (Lipinski definition) is 2. The maximum Gasteiger partial charge on any atom is 0.191 e. The van der Waals surface area contributed by atoms with Crippen LogP contribution in [0.2, 0.25) is 0 Å². The molecule has 0 aliphatic carbocycles. The van der Waals surface area contributed by atoms with E-state index >= 15 is 0 Å². The Kier molecular flexibility index (Phi) is 9.88. The first-order valence-electron chi connectivity index (χ1n) is 8.80. The fraction of sp³-hybridized carbons (Fsp3) is 0.611. The Morgan fingerprint density at radius 1 is 1.31 bits per heavy atom. The predicted octanol–water partition coefficient (Wildman–Crippen LogP) is 1.87. The minimum absolute atomic E-state index is 0. The summed E-state index contributed by atoms with van der Waals surface area (Å²) in [6.07, 6.45) is 3.33. The molecule has 1 aliphatic heterocycles. The number of nitrogens with one attached hydrogen (secondary N) is 2. The number of piperidine rings is 1. The van der Waals surface area contributed by atoms with Crippen molar-refractivity contribution in [3.63, 3.8) is 0 Å².